The fourth-order valence-electron chi connectivity index (χ4n) is 2.03. The van der Waals surface area contributed by atoms with Crippen molar-refractivity contribution in [3.63, 3.8) is 0 Å². The summed E-state index contributed by atoms with van der Waals surface area (Å²) in [5.41, 5.74) is 0. The minimum Gasteiger partial charge on any atom is -0.317 e. The van der Waals surface area contributed by atoms with Crippen LogP contribution in [0.15, 0.2) is 12.2 Å². The molecule has 1 aliphatic carbocycles. The largest absolute Gasteiger partial charge is 0.317 e. The predicted molar refractivity (Wildman–Crippen MR) is 49.5 cm³/mol. The highest BCUT2D eigenvalue weighted by atomic mass is 14.9. The zero-order chi connectivity index (χ0) is 8.27. The fraction of sp³-hybridized carbons (Fsp3) is 0.800. The molecule has 0 aromatic heterocycles. The molecule has 0 heterocycles. The molecule has 0 saturated heterocycles. The lowest BCUT2D eigenvalue weighted by molar-refractivity contribution is 0.501. The van der Waals surface area contributed by atoms with Crippen LogP contribution in [0.4, 0.5) is 0 Å². The molecule has 1 saturated carbocycles. The molecule has 11 heavy (non-hydrogen) atoms. The standard InChI is InChI=1S/C10H19N/c1-4-5-9-7-10(11-3)6-8(9)2/h4-5,8-11H,6-7H2,1-3H3/b5-4-. The molecule has 1 fully saturated rings. The van der Waals surface area contributed by atoms with Gasteiger partial charge in [0.2, 0.25) is 0 Å². The first-order valence-corrected chi connectivity index (χ1v) is 4.58. The molecule has 1 rings (SSSR count). The molecule has 0 bridgehead atoms. The smallest absolute Gasteiger partial charge is 0.00725 e. The maximum Gasteiger partial charge on any atom is 0.00725 e. The first kappa shape index (κ1) is 8.79. The summed E-state index contributed by atoms with van der Waals surface area (Å²) in [6.45, 7) is 4.46. The molecule has 0 amide bonds. The van der Waals surface area contributed by atoms with Gasteiger partial charge in [-0.3, -0.25) is 0 Å². The lowest BCUT2D eigenvalue weighted by atomic mass is 9.98. The molecule has 0 aromatic carbocycles. The van der Waals surface area contributed by atoms with Gasteiger partial charge in [-0.1, -0.05) is 19.1 Å². The predicted octanol–water partition coefficient (Wildman–Crippen LogP) is 2.20. The summed E-state index contributed by atoms with van der Waals surface area (Å²) >= 11 is 0. The van der Waals surface area contributed by atoms with E-state index in [2.05, 4.69) is 38.4 Å². The van der Waals surface area contributed by atoms with E-state index in [0.717, 1.165) is 17.9 Å². The van der Waals surface area contributed by atoms with Crippen molar-refractivity contribution in [1.82, 2.24) is 5.32 Å². The van der Waals surface area contributed by atoms with Gasteiger partial charge in [-0.15, -0.1) is 0 Å². The number of nitrogens with one attached hydrogen (secondary N) is 1. The van der Waals surface area contributed by atoms with E-state index in [1.54, 1.807) is 0 Å². The molecular weight excluding hydrogens is 134 g/mol. The monoisotopic (exact) mass is 153 g/mol. The van der Waals surface area contributed by atoms with Crippen LogP contribution < -0.4 is 5.32 Å². The van der Waals surface area contributed by atoms with Gasteiger partial charge in [-0.2, -0.15) is 0 Å². The lowest BCUT2D eigenvalue weighted by Crippen LogP contribution is -2.21. The van der Waals surface area contributed by atoms with Crippen molar-refractivity contribution in [2.24, 2.45) is 11.8 Å². The van der Waals surface area contributed by atoms with E-state index in [1.165, 1.54) is 12.8 Å². The fourth-order valence-corrected chi connectivity index (χ4v) is 2.03. The molecule has 1 aliphatic rings. The molecule has 0 spiro atoms. The first-order chi connectivity index (χ1) is 5.27. The Kier molecular flexibility index (Phi) is 3.13. The number of rotatable bonds is 2. The van der Waals surface area contributed by atoms with Crippen LogP contribution in [0, 0.1) is 11.8 Å². The summed E-state index contributed by atoms with van der Waals surface area (Å²) in [7, 11) is 2.06. The van der Waals surface area contributed by atoms with Crippen LogP contribution in [0.1, 0.15) is 26.7 Å². The van der Waals surface area contributed by atoms with Crippen LogP contribution in [0.3, 0.4) is 0 Å². The van der Waals surface area contributed by atoms with Gasteiger partial charge < -0.3 is 5.32 Å². The topological polar surface area (TPSA) is 12.0 Å². The van der Waals surface area contributed by atoms with Crippen molar-refractivity contribution in [3.8, 4) is 0 Å². The summed E-state index contributed by atoms with van der Waals surface area (Å²) in [5.74, 6) is 1.68. The van der Waals surface area contributed by atoms with Crippen LogP contribution >= 0.6 is 0 Å². The van der Waals surface area contributed by atoms with Crippen molar-refractivity contribution in [1.29, 1.82) is 0 Å². The first-order valence-electron chi connectivity index (χ1n) is 4.58. The second-order valence-electron chi connectivity index (χ2n) is 3.62. The quantitative estimate of drug-likeness (QED) is 0.600. The van der Waals surface area contributed by atoms with Crippen molar-refractivity contribution in [2.75, 3.05) is 7.05 Å². The van der Waals surface area contributed by atoms with Crippen LogP contribution in [-0.4, -0.2) is 13.1 Å². The van der Waals surface area contributed by atoms with E-state index in [4.69, 9.17) is 0 Å². The maximum atomic E-state index is 3.35. The summed E-state index contributed by atoms with van der Waals surface area (Å²) in [6, 6.07) is 0.756. The summed E-state index contributed by atoms with van der Waals surface area (Å²) in [5, 5.41) is 3.35. The summed E-state index contributed by atoms with van der Waals surface area (Å²) < 4.78 is 0. The van der Waals surface area contributed by atoms with E-state index < -0.39 is 0 Å². The molecular formula is C10H19N. The zero-order valence-corrected chi connectivity index (χ0v) is 7.80. The molecule has 1 N–H and O–H groups in total. The van der Waals surface area contributed by atoms with Gasteiger partial charge in [0.05, 0.1) is 0 Å². The van der Waals surface area contributed by atoms with E-state index >= 15 is 0 Å². The minimum absolute atomic E-state index is 0.756. The van der Waals surface area contributed by atoms with Gasteiger partial charge in [0.1, 0.15) is 0 Å². The van der Waals surface area contributed by atoms with E-state index in [9.17, 15) is 0 Å². The van der Waals surface area contributed by atoms with Gasteiger partial charge >= 0.3 is 0 Å². The Morgan fingerprint density at radius 1 is 1.36 bits per heavy atom. The zero-order valence-electron chi connectivity index (χ0n) is 7.80. The van der Waals surface area contributed by atoms with Crippen molar-refractivity contribution in [2.45, 2.75) is 32.7 Å². The van der Waals surface area contributed by atoms with Crippen LogP contribution in [0.5, 0.6) is 0 Å². The molecule has 0 radical (unpaired) electrons. The molecule has 64 valence electrons. The Hall–Kier alpha value is -0.300. The lowest BCUT2D eigenvalue weighted by Gasteiger charge is -2.07. The highest BCUT2D eigenvalue weighted by Crippen LogP contribution is 2.32. The molecule has 1 heteroatoms. The van der Waals surface area contributed by atoms with Crippen molar-refractivity contribution >= 4 is 0 Å². The maximum absolute atomic E-state index is 3.35. The van der Waals surface area contributed by atoms with Crippen molar-refractivity contribution < 1.29 is 0 Å². The SMILES string of the molecule is C/C=C\C1CC(NC)CC1C. The third-order valence-electron chi connectivity index (χ3n) is 2.79. The van der Waals surface area contributed by atoms with E-state index in [1.807, 2.05) is 0 Å². The van der Waals surface area contributed by atoms with Gasteiger partial charge in [-0.05, 0) is 38.6 Å². The summed E-state index contributed by atoms with van der Waals surface area (Å²) in [6.07, 6.45) is 7.19. The van der Waals surface area contributed by atoms with Crippen molar-refractivity contribution in [3.05, 3.63) is 12.2 Å². The van der Waals surface area contributed by atoms with E-state index in [-0.39, 0.29) is 0 Å². The molecule has 0 aliphatic heterocycles. The highest BCUT2D eigenvalue weighted by molar-refractivity contribution is 4.96. The normalized spacial score (nSPS) is 38.6. The van der Waals surface area contributed by atoms with Gasteiger partial charge in [0, 0.05) is 6.04 Å². The van der Waals surface area contributed by atoms with Gasteiger partial charge in [0.25, 0.3) is 0 Å². The van der Waals surface area contributed by atoms with Gasteiger partial charge in [-0.25, -0.2) is 0 Å². The van der Waals surface area contributed by atoms with Crippen LogP contribution in [0.25, 0.3) is 0 Å². The second-order valence-corrected chi connectivity index (χ2v) is 3.62. The Morgan fingerprint density at radius 3 is 2.55 bits per heavy atom. The average Bonchev–Trinajstić information content (AvgIpc) is 2.33. The third-order valence-corrected chi connectivity index (χ3v) is 2.79. The third kappa shape index (κ3) is 2.06. The Morgan fingerprint density at radius 2 is 2.09 bits per heavy atom. The van der Waals surface area contributed by atoms with Gasteiger partial charge in [0.15, 0.2) is 0 Å². The molecule has 0 aromatic rings. The molecule has 3 unspecified atom stereocenters. The van der Waals surface area contributed by atoms with Crippen LogP contribution in [0.2, 0.25) is 0 Å². The average molecular weight is 153 g/mol. The number of hydrogen-bond acceptors (Lipinski definition) is 1. The number of hydrogen-bond donors (Lipinski definition) is 1. The summed E-state index contributed by atoms with van der Waals surface area (Å²) in [4.78, 5) is 0. The van der Waals surface area contributed by atoms with Crippen LogP contribution in [-0.2, 0) is 0 Å². The number of allylic oxidation sites excluding steroid dienone is 2. The van der Waals surface area contributed by atoms with E-state index in [0.29, 0.717) is 0 Å². The molecule has 3 atom stereocenters. The minimum atomic E-state index is 0.756. The Bertz CT molecular complexity index is 140. The second kappa shape index (κ2) is 3.91. The molecule has 1 nitrogen and oxygen atoms in total. The highest BCUT2D eigenvalue weighted by Gasteiger charge is 2.27. The Balaban J connectivity index is 2.44. The Labute approximate surface area is 69.9 Å².